The van der Waals surface area contributed by atoms with Crippen LogP contribution in [-0.2, 0) is 0 Å². The second-order valence-corrected chi connectivity index (χ2v) is 6.32. The van der Waals surface area contributed by atoms with Gasteiger partial charge in [0, 0.05) is 32.2 Å². The molecule has 2 unspecified atom stereocenters. The fourth-order valence-corrected chi connectivity index (χ4v) is 3.69. The summed E-state index contributed by atoms with van der Waals surface area (Å²) < 4.78 is 0. The van der Waals surface area contributed by atoms with Crippen molar-refractivity contribution in [3.05, 3.63) is 35.4 Å². The Morgan fingerprint density at radius 2 is 2.05 bits per heavy atom. The fraction of sp³-hybridized carbons (Fsp3) is 0.647. The molecule has 0 radical (unpaired) electrons. The average Bonchev–Trinajstić information content (AvgIpc) is 2.47. The van der Waals surface area contributed by atoms with Gasteiger partial charge in [-0.3, -0.25) is 9.80 Å². The monoisotopic (exact) mass is 274 g/mol. The number of aliphatic hydroxyl groups is 1. The maximum Gasteiger partial charge on any atom is 0.0919 e. The van der Waals surface area contributed by atoms with Crippen LogP contribution in [0.5, 0.6) is 0 Å². The number of rotatable bonds is 3. The lowest BCUT2D eigenvalue weighted by atomic mass is 9.98. The maximum absolute atomic E-state index is 10.5. The molecule has 1 aromatic carbocycles. The Labute approximate surface area is 122 Å². The van der Waals surface area contributed by atoms with Gasteiger partial charge in [0.1, 0.15) is 0 Å². The van der Waals surface area contributed by atoms with Gasteiger partial charge in [0.25, 0.3) is 0 Å². The molecule has 0 amide bonds. The highest BCUT2D eigenvalue weighted by molar-refractivity contribution is 5.27. The molecule has 3 nitrogen and oxygen atoms in total. The molecule has 2 fully saturated rings. The highest BCUT2D eigenvalue weighted by atomic mass is 16.3. The number of benzene rings is 1. The summed E-state index contributed by atoms with van der Waals surface area (Å²) >= 11 is 0. The normalized spacial score (nSPS) is 26.2. The van der Waals surface area contributed by atoms with E-state index in [0.717, 1.165) is 31.2 Å². The van der Waals surface area contributed by atoms with Crippen LogP contribution in [-0.4, -0.2) is 53.7 Å². The summed E-state index contributed by atoms with van der Waals surface area (Å²) in [5, 5.41) is 10.5. The van der Waals surface area contributed by atoms with E-state index in [1.165, 1.54) is 37.9 Å². The lowest BCUT2D eigenvalue weighted by molar-refractivity contribution is 0.0233. The van der Waals surface area contributed by atoms with Gasteiger partial charge in [0.2, 0.25) is 0 Å². The number of nitrogens with zero attached hydrogens (tertiary/aromatic N) is 2. The third-order valence-corrected chi connectivity index (χ3v) is 4.90. The predicted molar refractivity (Wildman–Crippen MR) is 81.8 cm³/mol. The van der Waals surface area contributed by atoms with E-state index in [0.29, 0.717) is 0 Å². The second kappa shape index (κ2) is 6.25. The first kappa shape index (κ1) is 14.1. The number of hydrogen-bond acceptors (Lipinski definition) is 3. The maximum atomic E-state index is 10.5. The summed E-state index contributed by atoms with van der Waals surface area (Å²) in [6, 6.07) is 8.91. The van der Waals surface area contributed by atoms with Crippen LogP contribution in [0.4, 0.5) is 0 Å². The van der Waals surface area contributed by atoms with Crippen molar-refractivity contribution in [2.75, 3.05) is 32.7 Å². The fourth-order valence-electron chi connectivity index (χ4n) is 3.69. The summed E-state index contributed by atoms with van der Waals surface area (Å²) in [6.07, 6.45) is 3.71. The van der Waals surface area contributed by atoms with Gasteiger partial charge in [-0.05, 0) is 37.4 Å². The van der Waals surface area contributed by atoms with Gasteiger partial charge in [0.15, 0.2) is 0 Å². The van der Waals surface area contributed by atoms with E-state index in [1.54, 1.807) is 0 Å². The Hall–Kier alpha value is -0.900. The number of piperidine rings is 1. The van der Waals surface area contributed by atoms with Crippen molar-refractivity contribution in [1.29, 1.82) is 0 Å². The minimum absolute atomic E-state index is 0.355. The largest absolute Gasteiger partial charge is 0.387 e. The van der Waals surface area contributed by atoms with Crippen molar-refractivity contribution >= 4 is 0 Å². The summed E-state index contributed by atoms with van der Waals surface area (Å²) in [4.78, 5) is 5.09. The molecular weight excluding hydrogens is 248 g/mol. The van der Waals surface area contributed by atoms with Crippen LogP contribution in [0.2, 0.25) is 0 Å². The lowest BCUT2D eigenvalue weighted by Gasteiger charge is -2.44. The topological polar surface area (TPSA) is 26.7 Å². The van der Waals surface area contributed by atoms with Crippen molar-refractivity contribution < 1.29 is 5.11 Å². The molecule has 0 aliphatic carbocycles. The molecular formula is C17H26N2O. The second-order valence-electron chi connectivity index (χ2n) is 6.32. The molecule has 2 aliphatic rings. The highest BCUT2D eigenvalue weighted by Gasteiger charge is 2.29. The Morgan fingerprint density at radius 3 is 2.90 bits per heavy atom. The molecule has 2 heterocycles. The highest BCUT2D eigenvalue weighted by Crippen LogP contribution is 2.24. The van der Waals surface area contributed by atoms with Gasteiger partial charge >= 0.3 is 0 Å². The third kappa shape index (κ3) is 3.05. The lowest BCUT2D eigenvalue weighted by Crippen LogP contribution is -2.55. The summed E-state index contributed by atoms with van der Waals surface area (Å²) in [5.41, 5.74) is 2.27. The predicted octanol–water partition coefficient (Wildman–Crippen LogP) is 2.20. The minimum Gasteiger partial charge on any atom is -0.387 e. The van der Waals surface area contributed by atoms with Gasteiger partial charge in [-0.15, -0.1) is 0 Å². The number of fused-ring (bicyclic) bond motifs is 1. The Bertz CT molecular complexity index is 448. The quantitative estimate of drug-likeness (QED) is 0.915. The molecule has 3 heteroatoms. The third-order valence-electron chi connectivity index (χ3n) is 4.90. The minimum atomic E-state index is -0.355. The van der Waals surface area contributed by atoms with Crippen LogP contribution >= 0.6 is 0 Å². The van der Waals surface area contributed by atoms with E-state index in [-0.39, 0.29) is 6.10 Å². The van der Waals surface area contributed by atoms with Crippen LogP contribution in [0.25, 0.3) is 0 Å². The van der Waals surface area contributed by atoms with Crippen molar-refractivity contribution in [1.82, 2.24) is 9.80 Å². The molecule has 2 aliphatic heterocycles. The van der Waals surface area contributed by atoms with Crippen LogP contribution in [0.15, 0.2) is 24.3 Å². The average molecular weight is 274 g/mol. The number of piperazine rings is 1. The summed E-state index contributed by atoms with van der Waals surface area (Å²) in [6.45, 7) is 7.53. The van der Waals surface area contributed by atoms with Gasteiger partial charge in [-0.2, -0.15) is 0 Å². The van der Waals surface area contributed by atoms with Gasteiger partial charge < -0.3 is 5.11 Å². The van der Waals surface area contributed by atoms with Gasteiger partial charge in [-0.25, -0.2) is 0 Å². The van der Waals surface area contributed by atoms with Crippen LogP contribution in [0.3, 0.4) is 0 Å². The molecule has 2 saturated heterocycles. The van der Waals surface area contributed by atoms with Crippen molar-refractivity contribution in [3.63, 3.8) is 0 Å². The van der Waals surface area contributed by atoms with E-state index in [1.807, 2.05) is 12.1 Å². The molecule has 0 spiro atoms. The molecule has 1 N–H and O–H groups in total. The standard InChI is InChI=1S/C17H26N2O/c1-14-6-2-3-8-16(14)17(20)13-18-10-11-19-9-5-4-7-15(19)12-18/h2-3,6,8,15,17,20H,4-5,7,9-13H2,1H3. The van der Waals surface area contributed by atoms with Gasteiger partial charge in [-0.1, -0.05) is 30.7 Å². The van der Waals surface area contributed by atoms with E-state index < -0.39 is 0 Å². The number of β-amino-alcohol motifs (C(OH)–C–C–N with tert-alkyl or cyclic N) is 1. The van der Waals surface area contributed by atoms with Crippen molar-refractivity contribution in [3.8, 4) is 0 Å². The molecule has 0 aromatic heterocycles. The van der Waals surface area contributed by atoms with Crippen molar-refractivity contribution in [2.24, 2.45) is 0 Å². The van der Waals surface area contributed by atoms with Crippen LogP contribution < -0.4 is 0 Å². The molecule has 0 saturated carbocycles. The molecule has 2 atom stereocenters. The summed E-state index contributed by atoms with van der Waals surface area (Å²) in [7, 11) is 0. The van der Waals surface area contributed by atoms with E-state index in [2.05, 4.69) is 28.9 Å². The molecule has 20 heavy (non-hydrogen) atoms. The zero-order valence-corrected chi connectivity index (χ0v) is 12.5. The van der Waals surface area contributed by atoms with Crippen LogP contribution in [0.1, 0.15) is 36.5 Å². The van der Waals surface area contributed by atoms with Crippen LogP contribution in [0, 0.1) is 6.92 Å². The molecule has 3 rings (SSSR count). The number of aryl methyl sites for hydroxylation is 1. The van der Waals surface area contributed by atoms with Gasteiger partial charge in [0.05, 0.1) is 6.10 Å². The smallest absolute Gasteiger partial charge is 0.0919 e. The van der Waals surface area contributed by atoms with E-state index in [4.69, 9.17) is 0 Å². The Kier molecular flexibility index (Phi) is 4.39. The van der Waals surface area contributed by atoms with E-state index in [9.17, 15) is 5.11 Å². The zero-order valence-electron chi connectivity index (χ0n) is 12.5. The zero-order chi connectivity index (χ0) is 13.9. The van der Waals surface area contributed by atoms with Crippen molar-refractivity contribution in [2.45, 2.75) is 38.3 Å². The number of hydrogen-bond donors (Lipinski definition) is 1. The first-order valence-electron chi connectivity index (χ1n) is 7.94. The molecule has 110 valence electrons. The first-order chi connectivity index (χ1) is 9.74. The molecule has 1 aromatic rings. The molecule has 0 bridgehead atoms. The van der Waals surface area contributed by atoms with E-state index >= 15 is 0 Å². The SMILES string of the molecule is Cc1ccccc1C(O)CN1CCN2CCCCC2C1. The Morgan fingerprint density at radius 1 is 1.20 bits per heavy atom. The number of aliphatic hydroxyl groups excluding tert-OH is 1. The first-order valence-corrected chi connectivity index (χ1v) is 7.94. The summed E-state index contributed by atoms with van der Waals surface area (Å²) in [5.74, 6) is 0. The Balaban J connectivity index is 1.59.